The van der Waals surface area contributed by atoms with Crippen molar-refractivity contribution in [2.45, 2.75) is 17.3 Å². The van der Waals surface area contributed by atoms with Gasteiger partial charge in [-0.15, -0.1) is 0 Å². The van der Waals surface area contributed by atoms with E-state index < -0.39 is 17.3 Å². The largest absolute Gasteiger partial charge is 0.428 e. The number of benzene rings is 2. The van der Waals surface area contributed by atoms with Crippen LogP contribution in [0.15, 0.2) is 47.6 Å². The molecular weight excluding hydrogens is 544 g/mol. The number of halogens is 6. The smallest absolute Gasteiger partial charge is 0.331 e. The highest BCUT2D eigenvalue weighted by molar-refractivity contribution is 6.48. The first kappa shape index (κ1) is 26.2. The first-order chi connectivity index (χ1) is 16.8. The zero-order valence-electron chi connectivity index (χ0n) is 18.8. The minimum absolute atomic E-state index is 0.0527. The molecule has 0 aromatic heterocycles. The van der Waals surface area contributed by atoms with Gasteiger partial charge in [-0.2, -0.15) is 13.2 Å². The van der Waals surface area contributed by atoms with Crippen LogP contribution in [0.25, 0.3) is 16.1 Å². The summed E-state index contributed by atoms with van der Waals surface area (Å²) >= 11 is 17.8. The lowest BCUT2D eigenvalue weighted by molar-refractivity contribution is -0.269. The van der Waals surface area contributed by atoms with Gasteiger partial charge >= 0.3 is 12.2 Å². The van der Waals surface area contributed by atoms with Crippen molar-refractivity contribution in [3.05, 3.63) is 84.7 Å². The minimum atomic E-state index is -4.87. The molecule has 0 aliphatic carbocycles. The highest BCUT2D eigenvalue weighted by Crippen LogP contribution is 2.49. The molecule has 8 nitrogen and oxygen atoms in total. The number of likely N-dealkylation sites (tertiary alicyclic amines) is 1. The predicted molar refractivity (Wildman–Crippen MR) is 129 cm³/mol. The van der Waals surface area contributed by atoms with Gasteiger partial charge in [0.25, 0.3) is 0 Å². The molecule has 0 radical (unpaired) electrons. The molecule has 1 fully saturated rings. The van der Waals surface area contributed by atoms with E-state index in [2.05, 4.69) is 15.5 Å². The van der Waals surface area contributed by atoms with Crippen LogP contribution in [0.1, 0.15) is 16.7 Å². The maximum absolute atomic E-state index is 14.3. The van der Waals surface area contributed by atoms with E-state index in [-0.39, 0.29) is 45.4 Å². The fourth-order valence-corrected chi connectivity index (χ4v) is 4.70. The number of rotatable bonds is 4. The molecule has 1 atom stereocenters. The fourth-order valence-electron chi connectivity index (χ4n) is 4.11. The second-order valence-electron chi connectivity index (χ2n) is 8.58. The Bertz CT molecular complexity index is 1270. The van der Waals surface area contributed by atoms with Crippen LogP contribution in [0.4, 0.5) is 18.0 Å². The molecule has 4 rings (SSSR count). The quantitative estimate of drug-likeness (QED) is 0.200. The summed E-state index contributed by atoms with van der Waals surface area (Å²) in [5, 5.41) is 3.53. The molecule has 0 saturated carbocycles. The van der Waals surface area contributed by atoms with E-state index in [0.29, 0.717) is 11.1 Å². The van der Waals surface area contributed by atoms with E-state index in [1.54, 1.807) is 38.4 Å². The maximum atomic E-state index is 14.3. The molecule has 36 heavy (non-hydrogen) atoms. The molecule has 2 amide bonds. The van der Waals surface area contributed by atoms with E-state index in [0.717, 1.165) is 18.2 Å². The van der Waals surface area contributed by atoms with Crippen molar-refractivity contribution in [3.8, 4) is 0 Å². The van der Waals surface area contributed by atoms with Crippen molar-refractivity contribution in [2.75, 3.05) is 27.2 Å². The first-order valence-electron chi connectivity index (χ1n) is 10.4. The number of alkyl halides is 3. The minimum Gasteiger partial charge on any atom is -0.331 e. The van der Waals surface area contributed by atoms with Crippen LogP contribution in [0.3, 0.4) is 0 Å². The summed E-state index contributed by atoms with van der Waals surface area (Å²) in [6, 6.07) is 8.27. The Morgan fingerprint density at radius 3 is 2.22 bits per heavy atom. The van der Waals surface area contributed by atoms with Gasteiger partial charge in [0.15, 0.2) is 0 Å². The van der Waals surface area contributed by atoms with E-state index in [1.807, 2.05) is 0 Å². The first-order valence-corrected chi connectivity index (χ1v) is 11.5. The lowest BCUT2D eigenvalue weighted by Crippen LogP contribution is -2.62. The van der Waals surface area contributed by atoms with Crippen molar-refractivity contribution in [3.63, 3.8) is 0 Å². The van der Waals surface area contributed by atoms with Crippen LogP contribution in [-0.2, 0) is 16.0 Å². The van der Waals surface area contributed by atoms with Gasteiger partial charge in [-0.1, -0.05) is 64.2 Å². The number of nitrogens with zero attached hydrogens (tertiary/aromatic N) is 5. The topological polar surface area (TPSA) is 93.6 Å². The van der Waals surface area contributed by atoms with Gasteiger partial charge in [0.05, 0.1) is 20.8 Å². The summed E-state index contributed by atoms with van der Waals surface area (Å²) in [4.78, 5) is 23.1. The Balaban J connectivity index is 1.66. The second-order valence-corrected chi connectivity index (χ2v) is 9.77. The summed E-state index contributed by atoms with van der Waals surface area (Å²) < 4.78 is 42.8. The lowest BCUT2D eigenvalue weighted by Gasteiger charge is -2.48. The van der Waals surface area contributed by atoms with Crippen molar-refractivity contribution < 1.29 is 22.8 Å². The Labute approximate surface area is 218 Å². The molecule has 2 aromatic rings. The molecule has 1 N–H and O–H groups in total. The third-order valence-corrected chi connectivity index (χ3v) is 7.23. The molecule has 0 bridgehead atoms. The summed E-state index contributed by atoms with van der Waals surface area (Å²) in [5.41, 5.74) is 8.27. The molecule has 1 saturated heterocycles. The summed E-state index contributed by atoms with van der Waals surface area (Å²) in [6.45, 7) is 0.347. The maximum Gasteiger partial charge on any atom is 0.428 e. The number of nitrogens with one attached hydrogen (secondary N) is 1. The van der Waals surface area contributed by atoms with Crippen molar-refractivity contribution in [1.29, 1.82) is 0 Å². The third-order valence-electron chi connectivity index (χ3n) is 6.03. The number of hydrogen-bond donors (Lipinski definition) is 1. The van der Waals surface area contributed by atoms with Crippen molar-refractivity contribution in [1.82, 2.24) is 15.3 Å². The number of hydrogen-bond acceptors (Lipinski definition) is 4. The average molecular weight is 562 g/mol. The molecule has 2 aromatic carbocycles. The Morgan fingerprint density at radius 1 is 1.14 bits per heavy atom. The van der Waals surface area contributed by atoms with Crippen LogP contribution in [0, 0.1) is 0 Å². The fraction of sp³-hybridized carbons (Fsp3) is 0.318. The SMILES string of the molecule is CN(C)C(=O)N1CC(N=[N+]=[N-])(c2ccc(C3=CC(c4cc(Cl)c(Cl)c(Cl)c4)(C(F)(F)F)ON3)cc2)C1. The van der Waals surface area contributed by atoms with Gasteiger partial charge in [0.2, 0.25) is 5.60 Å². The molecular formula is C22H18Cl3F3N6O2. The van der Waals surface area contributed by atoms with Crippen molar-refractivity contribution >= 4 is 46.5 Å². The summed E-state index contributed by atoms with van der Waals surface area (Å²) in [7, 11) is 3.23. The molecule has 2 aliphatic heterocycles. The molecule has 2 aliphatic rings. The summed E-state index contributed by atoms with van der Waals surface area (Å²) in [6.07, 6.45) is -3.98. The Morgan fingerprint density at radius 2 is 1.72 bits per heavy atom. The normalized spacial score (nSPS) is 20.7. The highest BCUT2D eigenvalue weighted by Gasteiger charge is 2.60. The van der Waals surface area contributed by atoms with Crippen LogP contribution < -0.4 is 5.48 Å². The van der Waals surface area contributed by atoms with E-state index >= 15 is 0 Å². The Hall–Kier alpha value is -2.82. The standard InChI is InChI=1S/C22H18Cl3F3N6O2/c1-33(2)19(35)34-10-20(11-34,31-32-29)13-5-3-12(4-6-13)17-9-21(36-30-17,22(26,27)28)14-7-15(23)18(25)16(24)8-14/h3-9,30H,10-11H2,1-2H3. The third kappa shape index (κ3) is 4.31. The zero-order valence-corrected chi connectivity index (χ0v) is 21.0. The molecule has 14 heteroatoms. The molecule has 0 spiro atoms. The number of urea groups is 1. The van der Waals surface area contributed by atoms with Crippen LogP contribution >= 0.6 is 34.8 Å². The van der Waals surface area contributed by atoms with Crippen LogP contribution in [-0.4, -0.2) is 49.2 Å². The number of carbonyl (C=O) groups excluding carboxylic acids is 1. The highest BCUT2D eigenvalue weighted by atomic mass is 35.5. The molecule has 1 unspecified atom stereocenters. The van der Waals surface area contributed by atoms with Gasteiger partial charge in [-0.25, -0.2) is 4.79 Å². The number of amides is 2. The second kappa shape index (κ2) is 9.24. The van der Waals surface area contributed by atoms with Crippen LogP contribution in [0.2, 0.25) is 15.1 Å². The van der Waals surface area contributed by atoms with E-state index in [1.165, 1.54) is 9.80 Å². The Kier molecular flexibility index (Phi) is 6.74. The monoisotopic (exact) mass is 560 g/mol. The van der Waals surface area contributed by atoms with Crippen molar-refractivity contribution in [2.24, 2.45) is 5.11 Å². The molecule has 2 heterocycles. The summed E-state index contributed by atoms with van der Waals surface area (Å²) in [5.74, 6) is 0. The van der Waals surface area contributed by atoms with E-state index in [4.69, 9.17) is 45.2 Å². The lowest BCUT2D eigenvalue weighted by atomic mass is 9.83. The average Bonchev–Trinajstić information content (AvgIpc) is 3.26. The number of hydroxylamine groups is 1. The van der Waals surface area contributed by atoms with Gasteiger partial charge in [-0.3, -0.25) is 10.3 Å². The molecule has 190 valence electrons. The van der Waals surface area contributed by atoms with Gasteiger partial charge in [0.1, 0.15) is 5.54 Å². The van der Waals surface area contributed by atoms with Crippen LogP contribution in [0.5, 0.6) is 0 Å². The number of carbonyl (C=O) groups is 1. The van der Waals surface area contributed by atoms with Gasteiger partial charge in [-0.05, 0) is 34.9 Å². The van der Waals surface area contributed by atoms with E-state index in [9.17, 15) is 18.0 Å². The van der Waals surface area contributed by atoms with Gasteiger partial charge in [0, 0.05) is 37.7 Å². The van der Waals surface area contributed by atoms with Gasteiger partial charge < -0.3 is 9.80 Å². The zero-order chi connectivity index (χ0) is 26.5. The predicted octanol–water partition coefficient (Wildman–Crippen LogP) is 6.48. The number of azide groups is 1.